The summed E-state index contributed by atoms with van der Waals surface area (Å²) in [5.41, 5.74) is 0.892. The number of quaternary nitrogens is 1. The van der Waals surface area contributed by atoms with Gasteiger partial charge in [-0.05, 0) is 19.1 Å². The van der Waals surface area contributed by atoms with Crippen LogP contribution >= 0.6 is 0 Å². The molecule has 26 heavy (non-hydrogen) atoms. The van der Waals surface area contributed by atoms with E-state index in [1.54, 1.807) is 12.2 Å². The highest BCUT2D eigenvalue weighted by Gasteiger charge is 2.37. The molecule has 0 saturated carbocycles. The molecule has 0 aromatic heterocycles. The van der Waals surface area contributed by atoms with Gasteiger partial charge in [0.25, 0.3) is 0 Å². The summed E-state index contributed by atoms with van der Waals surface area (Å²) < 4.78 is 28.9. The van der Waals surface area contributed by atoms with Gasteiger partial charge in [-0.2, -0.15) is 0 Å². The van der Waals surface area contributed by atoms with E-state index in [9.17, 15) is 13.2 Å². The fraction of sp³-hybridized carbons (Fsp3) is 0.526. The lowest BCUT2D eigenvalue weighted by Gasteiger charge is -2.34. The molecule has 2 aliphatic heterocycles. The van der Waals surface area contributed by atoms with Crippen LogP contribution in [-0.4, -0.2) is 69.6 Å². The summed E-state index contributed by atoms with van der Waals surface area (Å²) in [6, 6.07) is 7.86. The molecular formula is C19H27N2O4S+. The van der Waals surface area contributed by atoms with Gasteiger partial charge in [0.2, 0.25) is 5.91 Å². The molecule has 7 heteroatoms. The fourth-order valence-corrected chi connectivity index (χ4v) is 5.54. The summed E-state index contributed by atoms with van der Waals surface area (Å²) in [7, 11) is -2.85. The normalized spacial score (nSPS) is 23.4. The van der Waals surface area contributed by atoms with Crippen LogP contribution in [0.15, 0.2) is 30.3 Å². The standard InChI is InChI=1S/C19H26N2O4S/c1-2-25-18-6-4-3-5-16(18)7-8-19(22)21-12-10-20(11-13-21)17-9-14-26(23,24)15-17/h3-8,17H,2,9-15H2,1H3/p+1/b8-7+/t17-/m1/s1. The maximum absolute atomic E-state index is 12.5. The summed E-state index contributed by atoms with van der Waals surface area (Å²) in [4.78, 5) is 15.6. The first-order chi connectivity index (χ1) is 12.5. The molecule has 0 spiro atoms. The molecule has 1 aromatic rings. The van der Waals surface area contributed by atoms with Crippen molar-refractivity contribution in [3.63, 3.8) is 0 Å². The lowest BCUT2D eigenvalue weighted by Crippen LogP contribution is -3.18. The van der Waals surface area contributed by atoms with Crippen molar-refractivity contribution >= 4 is 21.8 Å². The van der Waals surface area contributed by atoms with Crippen LogP contribution in [0.25, 0.3) is 6.08 Å². The summed E-state index contributed by atoms with van der Waals surface area (Å²) in [6.45, 7) is 5.48. The van der Waals surface area contributed by atoms with E-state index in [0.717, 1.165) is 30.8 Å². The minimum absolute atomic E-state index is 0.00519. The Morgan fingerprint density at radius 1 is 1.31 bits per heavy atom. The SMILES string of the molecule is CCOc1ccccc1/C=C/C(=O)N1CC[NH+]([C@@H]2CCS(=O)(=O)C2)CC1. The van der Waals surface area contributed by atoms with E-state index in [1.807, 2.05) is 36.1 Å². The van der Waals surface area contributed by atoms with E-state index in [2.05, 4.69) is 0 Å². The van der Waals surface area contributed by atoms with Crippen molar-refractivity contribution in [3.05, 3.63) is 35.9 Å². The minimum atomic E-state index is -2.85. The molecule has 0 radical (unpaired) electrons. The maximum Gasteiger partial charge on any atom is 0.246 e. The Hall–Kier alpha value is -1.86. The number of sulfone groups is 1. The third kappa shape index (κ3) is 4.65. The van der Waals surface area contributed by atoms with Crippen LogP contribution in [0.2, 0.25) is 0 Å². The van der Waals surface area contributed by atoms with Crippen LogP contribution in [0.4, 0.5) is 0 Å². The summed E-state index contributed by atoms with van der Waals surface area (Å²) in [6.07, 6.45) is 4.15. The molecule has 3 rings (SSSR count). The molecule has 0 aliphatic carbocycles. The van der Waals surface area contributed by atoms with E-state index >= 15 is 0 Å². The van der Waals surface area contributed by atoms with Gasteiger partial charge in [0.05, 0.1) is 38.5 Å². The molecule has 142 valence electrons. The van der Waals surface area contributed by atoms with Crippen molar-refractivity contribution in [2.45, 2.75) is 19.4 Å². The summed E-state index contributed by atoms with van der Waals surface area (Å²) in [5, 5.41) is 0. The van der Waals surface area contributed by atoms with E-state index in [1.165, 1.54) is 4.90 Å². The highest BCUT2D eigenvalue weighted by Crippen LogP contribution is 2.19. The van der Waals surface area contributed by atoms with Gasteiger partial charge in [0, 0.05) is 18.1 Å². The second-order valence-corrected chi connectivity index (χ2v) is 9.12. The van der Waals surface area contributed by atoms with Gasteiger partial charge in [0.15, 0.2) is 9.84 Å². The number of hydrogen-bond acceptors (Lipinski definition) is 4. The quantitative estimate of drug-likeness (QED) is 0.732. The Kier molecular flexibility index (Phi) is 5.98. The van der Waals surface area contributed by atoms with Crippen LogP contribution in [0.1, 0.15) is 18.9 Å². The summed E-state index contributed by atoms with van der Waals surface area (Å²) >= 11 is 0. The molecule has 1 N–H and O–H groups in total. The van der Waals surface area contributed by atoms with Crippen LogP contribution < -0.4 is 9.64 Å². The average Bonchev–Trinajstić information content (AvgIpc) is 3.01. The largest absolute Gasteiger partial charge is 0.493 e. The van der Waals surface area contributed by atoms with E-state index in [0.29, 0.717) is 31.2 Å². The zero-order valence-corrected chi connectivity index (χ0v) is 16.0. The third-order valence-corrected chi connectivity index (χ3v) is 6.92. The number of nitrogens with zero attached hydrogens (tertiary/aromatic N) is 1. The van der Waals surface area contributed by atoms with Gasteiger partial charge < -0.3 is 14.5 Å². The number of carbonyl (C=O) groups is 1. The third-order valence-electron chi connectivity index (χ3n) is 5.15. The van der Waals surface area contributed by atoms with Gasteiger partial charge in [0.1, 0.15) is 17.5 Å². The second-order valence-electron chi connectivity index (χ2n) is 6.89. The number of piperazine rings is 1. The van der Waals surface area contributed by atoms with Crippen molar-refractivity contribution in [1.29, 1.82) is 0 Å². The number of para-hydroxylation sites is 1. The zero-order valence-electron chi connectivity index (χ0n) is 15.2. The number of nitrogens with one attached hydrogen (secondary N) is 1. The van der Waals surface area contributed by atoms with Crippen molar-refractivity contribution in [2.75, 3.05) is 44.3 Å². The van der Waals surface area contributed by atoms with Gasteiger partial charge in [-0.1, -0.05) is 18.2 Å². The van der Waals surface area contributed by atoms with Gasteiger partial charge in [-0.3, -0.25) is 4.79 Å². The molecule has 2 fully saturated rings. The Bertz CT molecular complexity index is 767. The van der Waals surface area contributed by atoms with E-state index < -0.39 is 9.84 Å². The molecule has 0 bridgehead atoms. The highest BCUT2D eigenvalue weighted by molar-refractivity contribution is 7.91. The molecular weight excluding hydrogens is 352 g/mol. The fourth-order valence-electron chi connectivity index (χ4n) is 3.71. The monoisotopic (exact) mass is 379 g/mol. The number of ether oxygens (including phenoxy) is 1. The first-order valence-corrected chi connectivity index (χ1v) is 11.0. The van der Waals surface area contributed by atoms with Crippen molar-refractivity contribution in [3.8, 4) is 5.75 Å². The van der Waals surface area contributed by atoms with Crippen LogP contribution in [0.5, 0.6) is 5.75 Å². The first-order valence-electron chi connectivity index (χ1n) is 9.22. The van der Waals surface area contributed by atoms with Crippen molar-refractivity contribution in [2.24, 2.45) is 0 Å². The number of hydrogen-bond donors (Lipinski definition) is 1. The van der Waals surface area contributed by atoms with Crippen molar-refractivity contribution in [1.82, 2.24) is 4.90 Å². The molecule has 0 unspecified atom stereocenters. The second kappa shape index (κ2) is 8.22. The number of carbonyl (C=O) groups excluding carboxylic acids is 1. The Morgan fingerprint density at radius 3 is 2.69 bits per heavy atom. The molecule has 1 aromatic carbocycles. The maximum atomic E-state index is 12.5. The van der Waals surface area contributed by atoms with Gasteiger partial charge in [-0.15, -0.1) is 0 Å². The predicted molar refractivity (Wildman–Crippen MR) is 101 cm³/mol. The Morgan fingerprint density at radius 2 is 2.04 bits per heavy atom. The predicted octanol–water partition coefficient (Wildman–Crippen LogP) is 0.0127. The highest BCUT2D eigenvalue weighted by atomic mass is 32.2. The molecule has 1 amide bonds. The van der Waals surface area contributed by atoms with Gasteiger partial charge in [-0.25, -0.2) is 8.42 Å². The molecule has 2 aliphatic rings. The smallest absolute Gasteiger partial charge is 0.246 e. The number of amides is 1. The Labute approximate surface area is 155 Å². The van der Waals surface area contributed by atoms with Crippen LogP contribution in [0, 0.1) is 0 Å². The van der Waals surface area contributed by atoms with E-state index in [4.69, 9.17) is 4.74 Å². The molecule has 2 heterocycles. The van der Waals surface area contributed by atoms with Crippen LogP contribution in [-0.2, 0) is 14.6 Å². The molecule has 6 nitrogen and oxygen atoms in total. The van der Waals surface area contributed by atoms with Crippen molar-refractivity contribution < 1.29 is 22.8 Å². The van der Waals surface area contributed by atoms with E-state index in [-0.39, 0.29) is 11.9 Å². The summed E-state index contributed by atoms with van der Waals surface area (Å²) in [5.74, 6) is 1.38. The molecule has 1 atom stereocenters. The Balaban J connectivity index is 1.54. The lowest BCUT2D eigenvalue weighted by molar-refractivity contribution is -0.925. The first kappa shape index (κ1) is 18.9. The zero-order chi connectivity index (χ0) is 18.6. The average molecular weight is 380 g/mol. The molecule has 2 saturated heterocycles. The van der Waals surface area contributed by atoms with Gasteiger partial charge >= 0.3 is 0 Å². The van der Waals surface area contributed by atoms with Crippen LogP contribution in [0.3, 0.4) is 0 Å². The minimum Gasteiger partial charge on any atom is -0.493 e. The number of benzene rings is 1. The topological polar surface area (TPSA) is 68.1 Å². The lowest BCUT2D eigenvalue weighted by atomic mass is 10.1. The number of rotatable bonds is 5.